The zero-order chi connectivity index (χ0) is 12.0. The average molecular weight is 259 g/mol. The molecule has 0 atom stereocenters. The summed E-state index contributed by atoms with van der Waals surface area (Å²) in [5.41, 5.74) is 0. The van der Waals surface area contributed by atoms with E-state index in [0.29, 0.717) is 0 Å². The van der Waals surface area contributed by atoms with Gasteiger partial charge in [0.1, 0.15) is 0 Å². The van der Waals surface area contributed by atoms with Crippen molar-refractivity contribution in [1.29, 1.82) is 0 Å². The smallest absolute Gasteiger partial charge is 0.281 e. The summed E-state index contributed by atoms with van der Waals surface area (Å²) in [6.07, 6.45) is 0. The van der Waals surface area contributed by atoms with E-state index in [9.17, 15) is 0 Å². The van der Waals surface area contributed by atoms with Crippen LogP contribution < -0.4 is 0 Å². The molecule has 13 heavy (non-hydrogen) atoms. The molecule has 0 aliphatic heterocycles. The van der Waals surface area contributed by atoms with E-state index < -0.39 is 0 Å². The van der Waals surface area contributed by atoms with Crippen LogP contribution >= 0.6 is 0 Å². The minimum atomic E-state index is 0. The fourth-order valence-corrected chi connectivity index (χ4v) is 0. The van der Waals surface area contributed by atoms with Gasteiger partial charge in [0.15, 0.2) is 0 Å². The Morgan fingerprint density at radius 1 is 0.308 bits per heavy atom. The van der Waals surface area contributed by atoms with Crippen molar-refractivity contribution in [1.82, 2.24) is 0 Å². The zero-order valence-electron chi connectivity index (χ0n) is 5.95. The fourth-order valence-electron chi connectivity index (χ4n) is 0. The second-order valence-electron chi connectivity index (χ2n) is 0. The Labute approximate surface area is 95.8 Å². The van der Waals surface area contributed by atoms with Crippen LogP contribution in [0.25, 0.3) is 0 Å². The Morgan fingerprint density at radius 3 is 0.308 bits per heavy atom. The molecule has 0 bridgehead atoms. The van der Waals surface area contributed by atoms with Crippen LogP contribution in [-0.4, -0.2) is 40.7 Å². The monoisotopic (exact) mass is 258 g/mol. The van der Waals surface area contributed by atoms with Gasteiger partial charge in [0.2, 0.25) is 0 Å². The van der Waals surface area contributed by atoms with Gasteiger partial charge in [-0.3, -0.25) is 28.8 Å². The van der Waals surface area contributed by atoms with Gasteiger partial charge in [-0.15, -0.1) is 0 Å². The SMILES string of the molecule is [C]=O.[C]=O.[C]=O.[C]=O.[C]=O.[C]=O.[Zr]. The topological polar surface area (TPSA) is 102 Å². The predicted molar refractivity (Wildman–Crippen MR) is 34.2 cm³/mol. The Bertz CT molecular complexity index is 32.6. The minimum absolute atomic E-state index is 0. The Morgan fingerprint density at radius 2 is 0.308 bits per heavy atom. The Balaban J connectivity index is -0.00000000655. The van der Waals surface area contributed by atoms with E-state index in [1.54, 1.807) is 0 Å². The maximum atomic E-state index is 7.50. The molecule has 0 spiro atoms. The molecule has 0 saturated heterocycles. The number of hydrogen-bond donors (Lipinski definition) is 0. The van der Waals surface area contributed by atoms with Crippen molar-refractivity contribution in [3.05, 3.63) is 0 Å². The summed E-state index contributed by atoms with van der Waals surface area (Å²) >= 11 is 0. The Kier molecular flexibility index (Phi) is 4020. The predicted octanol–water partition coefficient (Wildman–Crippen LogP) is -2.39. The number of carbonyl (C=O) groups excluding carboxylic acids is 6. The molecule has 0 aromatic carbocycles. The van der Waals surface area contributed by atoms with Crippen molar-refractivity contribution in [3.63, 3.8) is 0 Å². The van der Waals surface area contributed by atoms with Gasteiger partial charge in [-0.05, 0) is 0 Å². The summed E-state index contributed by atoms with van der Waals surface area (Å²) in [4.78, 5) is 45.0. The standard InChI is InChI=1S/6CO.Zr/c6*1-2;. The molecule has 0 saturated carbocycles. The van der Waals surface area contributed by atoms with E-state index in [-0.39, 0.29) is 26.2 Å². The fraction of sp³-hybridized carbons (Fsp3) is 0. The molecule has 0 N–H and O–H groups in total. The summed E-state index contributed by atoms with van der Waals surface area (Å²) in [5.74, 6) is 0. The molecule has 0 rings (SSSR count). The van der Waals surface area contributed by atoms with E-state index in [1.807, 2.05) is 0 Å². The first-order valence-electron chi connectivity index (χ1n) is 1.22. The first-order valence-corrected chi connectivity index (χ1v) is 1.22. The summed E-state index contributed by atoms with van der Waals surface area (Å²) < 4.78 is 0. The molecule has 0 fully saturated rings. The molecule has 0 amide bonds. The molecule has 0 aliphatic rings. The summed E-state index contributed by atoms with van der Waals surface area (Å²) in [6, 6.07) is 0. The third kappa shape index (κ3) is 718. The van der Waals surface area contributed by atoms with Gasteiger partial charge in [0, 0.05) is 26.2 Å². The second kappa shape index (κ2) is 889. The van der Waals surface area contributed by atoms with Crippen LogP contribution in [0.5, 0.6) is 0 Å². The van der Waals surface area contributed by atoms with Gasteiger partial charge in [-0.25, -0.2) is 0 Å². The van der Waals surface area contributed by atoms with Crippen LogP contribution in [0.3, 0.4) is 0 Å². The van der Waals surface area contributed by atoms with Crippen molar-refractivity contribution in [3.8, 4) is 0 Å². The van der Waals surface area contributed by atoms with Crippen LogP contribution in [0.2, 0.25) is 0 Å². The van der Waals surface area contributed by atoms with E-state index >= 15 is 0 Å². The first kappa shape index (κ1) is 58.9. The number of hydrogen-bond acceptors (Lipinski definition) is 6. The van der Waals surface area contributed by atoms with Crippen molar-refractivity contribution in [2.45, 2.75) is 0 Å². The third-order valence-corrected chi connectivity index (χ3v) is 0. The number of rotatable bonds is 0. The van der Waals surface area contributed by atoms with E-state index in [2.05, 4.69) is 40.7 Å². The van der Waals surface area contributed by atoms with Crippen LogP contribution in [0.4, 0.5) is 0 Å². The van der Waals surface area contributed by atoms with Crippen molar-refractivity contribution in [2.24, 2.45) is 0 Å². The molecule has 7 heteroatoms. The molecule has 0 heterocycles. The largest absolute Gasteiger partial charge is 0.281 e. The molecule has 0 aromatic heterocycles. The van der Waals surface area contributed by atoms with Gasteiger partial charge in [-0.1, -0.05) is 0 Å². The molecule has 0 aliphatic carbocycles. The van der Waals surface area contributed by atoms with Gasteiger partial charge in [0.25, 0.3) is 40.7 Å². The third-order valence-electron chi connectivity index (χ3n) is 0. The van der Waals surface area contributed by atoms with Gasteiger partial charge >= 0.3 is 0 Å². The average Bonchev–Trinajstić information content (AvgIpc) is 2.33. The molecular formula is C6O6Zr. The second-order valence-corrected chi connectivity index (χ2v) is 0. The summed E-state index contributed by atoms with van der Waals surface area (Å²) in [6.45, 7) is 27.0. The maximum Gasteiger partial charge on any atom is 0.281 e. The molecule has 64 valence electrons. The van der Waals surface area contributed by atoms with Crippen LogP contribution in [-0.2, 0) is 55.0 Å². The Hall–Kier alpha value is -1.10. The molecule has 0 unspecified atom stereocenters. The van der Waals surface area contributed by atoms with E-state index in [0.717, 1.165) is 0 Å². The normalized spacial score (nSPS) is 1.85. The quantitative estimate of drug-likeness (QED) is 0.481. The van der Waals surface area contributed by atoms with Crippen LogP contribution in [0.15, 0.2) is 0 Å². The van der Waals surface area contributed by atoms with Crippen molar-refractivity contribution >= 4 is 40.7 Å². The van der Waals surface area contributed by atoms with Crippen LogP contribution in [0.1, 0.15) is 0 Å². The van der Waals surface area contributed by atoms with Gasteiger partial charge in [-0.2, -0.15) is 0 Å². The minimum Gasteiger partial charge on any atom is -0.281 e. The van der Waals surface area contributed by atoms with Crippen LogP contribution in [0, 0.1) is 0 Å². The molecule has 12 radical (unpaired) electrons. The molecular weight excluding hydrogens is 259 g/mol. The van der Waals surface area contributed by atoms with Gasteiger partial charge < -0.3 is 0 Å². The molecule has 0 aromatic rings. The summed E-state index contributed by atoms with van der Waals surface area (Å²) in [7, 11) is 0. The van der Waals surface area contributed by atoms with Gasteiger partial charge in [0.05, 0.1) is 0 Å². The zero-order valence-corrected chi connectivity index (χ0v) is 8.41. The molecule has 6 nitrogen and oxygen atoms in total. The first-order chi connectivity index (χ1) is 6.00. The summed E-state index contributed by atoms with van der Waals surface area (Å²) in [5, 5.41) is 0. The van der Waals surface area contributed by atoms with E-state index in [1.165, 1.54) is 0 Å². The van der Waals surface area contributed by atoms with Crippen molar-refractivity contribution < 1.29 is 55.0 Å². The van der Waals surface area contributed by atoms with Crippen molar-refractivity contribution in [2.75, 3.05) is 0 Å². The van der Waals surface area contributed by atoms with E-state index in [4.69, 9.17) is 28.8 Å². The maximum absolute atomic E-state index is 7.50.